The van der Waals surface area contributed by atoms with Crippen LogP contribution in [-0.4, -0.2) is 62.7 Å². The number of halogens is 1. The third-order valence-corrected chi connectivity index (χ3v) is 5.67. The van der Waals surface area contributed by atoms with Gasteiger partial charge >= 0.3 is 0 Å². The molecule has 158 valence electrons. The number of aryl methyl sites for hydroxylation is 1. The maximum atomic E-state index is 4.74. The second-order valence-corrected chi connectivity index (χ2v) is 8.10. The molecule has 2 aliphatic rings. The molecule has 1 saturated carbocycles. The molecule has 0 radical (unpaired) electrons. The molecule has 6 heteroatoms. The highest BCUT2D eigenvalue weighted by Crippen LogP contribution is 2.28. The van der Waals surface area contributed by atoms with Crippen LogP contribution in [0.2, 0.25) is 0 Å². The molecule has 0 amide bonds. The minimum atomic E-state index is 0. The van der Waals surface area contributed by atoms with Gasteiger partial charge < -0.3 is 15.5 Å². The third-order valence-electron chi connectivity index (χ3n) is 5.67. The lowest BCUT2D eigenvalue weighted by molar-refractivity contribution is 0.253. The first-order valence-corrected chi connectivity index (χ1v) is 10.7. The number of piperazine rings is 1. The van der Waals surface area contributed by atoms with Crippen molar-refractivity contribution in [2.45, 2.75) is 46.1 Å². The van der Waals surface area contributed by atoms with Gasteiger partial charge in [0.15, 0.2) is 5.96 Å². The Morgan fingerprint density at radius 2 is 1.93 bits per heavy atom. The van der Waals surface area contributed by atoms with Gasteiger partial charge in [0.05, 0.1) is 0 Å². The smallest absolute Gasteiger partial charge is 0.191 e. The Morgan fingerprint density at radius 1 is 1.18 bits per heavy atom. The highest BCUT2D eigenvalue weighted by atomic mass is 127. The molecule has 1 aromatic rings. The fourth-order valence-electron chi connectivity index (χ4n) is 3.71. The monoisotopic (exact) mass is 499 g/mol. The van der Waals surface area contributed by atoms with Crippen molar-refractivity contribution in [2.75, 3.05) is 50.7 Å². The first-order valence-electron chi connectivity index (χ1n) is 10.7. The fourth-order valence-corrected chi connectivity index (χ4v) is 3.71. The number of anilines is 1. The Balaban J connectivity index is 0.00000280. The summed E-state index contributed by atoms with van der Waals surface area (Å²) in [6, 6.07) is 9.50. The number of benzene rings is 1. The van der Waals surface area contributed by atoms with E-state index < -0.39 is 0 Å². The van der Waals surface area contributed by atoms with E-state index >= 15 is 0 Å². The number of unbranched alkanes of at least 4 members (excludes halogenated alkanes) is 1. The van der Waals surface area contributed by atoms with Crippen LogP contribution in [0.15, 0.2) is 29.3 Å². The molecule has 5 nitrogen and oxygen atoms in total. The molecular weight excluding hydrogens is 461 g/mol. The van der Waals surface area contributed by atoms with Gasteiger partial charge in [-0.05, 0) is 63.3 Å². The van der Waals surface area contributed by atoms with Crippen molar-refractivity contribution in [3.05, 3.63) is 29.8 Å². The van der Waals surface area contributed by atoms with E-state index in [4.69, 9.17) is 4.99 Å². The van der Waals surface area contributed by atoms with Crippen LogP contribution in [0.25, 0.3) is 0 Å². The molecule has 0 aromatic heterocycles. The number of guanidine groups is 1. The Bertz CT molecular complexity index is 613. The second kappa shape index (κ2) is 11.9. The highest BCUT2D eigenvalue weighted by Gasteiger charge is 2.33. The molecule has 1 aliphatic carbocycles. The lowest BCUT2D eigenvalue weighted by Gasteiger charge is -2.36. The van der Waals surface area contributed by atoms with E-state index in [0.717, 1.165) is 44.5 Å². The van der Waals surface area contributed by atoms with Gasteiger partial charge in [0.25, 0.3) is 0 Å². The van der Waals surface area contributed by atoms with Gasteiger partial charge in [-0.1, -0.05) is 19.1 Å². The lowest BCUT2D eigenvalue weighted by atomic mass is 10.2. The number of nitrogens with zero attached hydrogens (tertiary/aromatic N) is 3. The number of hydrogen-bond acceptors (Lipinski definition) is 3. The standard InChI is InChI=1S/C22H37N5.HI/c1-4-23-22(25-21-17-19(21)3)24-10-5-6-11-26-12-14-27(15-13-26)20-9-7-8-18(2)16-20;/h7-9,16,19,21H,4-6,10-15,17H2,1-3H3,(H2,23,24,25);1H. The molecule has 0 bridgehead atoms. The van der Waals surface area contributed by atoms with Crippen LogP contribution in [0.5, 0.6) is 0 Å². The van der Waals surface area contributed by atoms with Crippen LogP contribution in [0.3, 0.4) is 0 Å². The number of hydrogen-bond donors (Lipinski definition) is 2. The summed E-state index contributed by atoms with van der Waals surface area (Å²) in [6.07, 6.45) is 3.67. The van der Waals surface area contributed by atoms with E-state index in [9.17, 15) is 0 Å². The lowest BCUT2D eigenvalue weighted by Crippen LogP contribution is -2.46. The average molecular weight is 499 g/mol. The van der Waals surface area contributed by atoms with Gasteiger partial charge in [-0.3, -0.25) is 9.89 Å². The minimum absolute atomic E-state index is 0. The highest BCUT2D eigenvalue weighted by molar-refractivity contribution is 14.0. The van der Waals surface area contributed by atoms with Gasteiger partial charge in [0, 0.05) is 51.0 Å². The van der Waals surface area contributed by atoms with E-state index in [1.807, 2.05) is 0 Å². The van der Waals surface area contributed by atoms with Crippen LogP contribution in [0.1, 0.15) is 38.7 Å². The maximum Gasteiger partial charge on any atom is 0.191 e. The largest absolute Gasteiger partial charge is 0.369 e. The average Bonchev–Trinajstić information content (AvgIpc) is 3.36. The zero-order valence-corrected chi connectivity index (χ0v) is 20.1. The van der Waals surface area contributed by atoms with Gasteiger partial charge in [0.2, 0.25) is 0 Å². The number of aliphatic imine (C=N–C) groups is 1. The van der Waals surface area contributed by atoms with Crippen molar-refractivity contribution in [1.82, 2.24) is 15.5 Å². The van der Waals surface area contributed by atoms with Crippen LogP contribution in [0, 0.1) is 12.8 Å². The summed E-state index contributed by atoms with van der Waals surface area (Å²) >= 11 is 0. The van der Waals surface area contributed by atoms with E-state index in [2.05, 4.69) is 65.5 Å². The summed E-state index contributed by atoms with van der Waals surface area (Å²) in [5, 5.41) is 6.89. The summed E-state index contributed by atoms with van der Waals surface area (Å²) in [5.74, 6) is 1.80. The summed E-state index contributed by atoms with van der Waals surface area (Å²) < 4.78 is 0. The number of nitrogens with one attached hydrogen (secondary N) is 2. The Hall–Kier alpha value is -1.02. The molecular formula is C22H38IN5. The van der Waals surface area contributed by atoms with Crippen LogP contribution in [0.4, 0.5) is 5.69 Å². The fraction of sp³-hybridized carbons (Fsp3) is 0.682. The van der Waals surface area contributed by atoms with Crippen molar-refractivity contribution in [1.29, 1.82) is 0 Å². The predicted octanol–water partition coefficient (Wildman–Crippen LogP) is 3.48. The van der Waals surface area contributed by atoms with Crippen molar-refractivity contribution in [2.24, 2.45) is 10.9 Å². The van der Waals surface area contributed by atoms with E-state index in [1.54, 1.807) is 0 Å². The Kier molecular flexibility index (Phi) is 9.85. The molecule has 2 N–H and O–H groups in total. The molecule has 1 aromatic carbocycles. The molecule has 1 aliphatic heterocycles. The van der Waals surface area contributed by atoms with Crippen molar-refractivity contribution in [3.63, 3.8) is 0 Å². The normalized spacial score (nSPS) is 22.5. The first-order chi connectivity index (χ1) is 13.2. The third kappa shape index (κ3) is 7.43. The van der Waals surface area contributed by atoms with Gasteiger partial charge in [-0.2, -0.15) is 0 Å². The van der Waals surface area contributed by atoms with Crippen LogP contribution >= 0.6 is 24.0 Å². The van der Waals surface area contributed by atoms with Crippen LogP contribution in [-0.2, 0) is 0 Å². The van der Waals surface area contributed by atoms with Crippen molar-refractivity contribution in [3.8, 4) is 0 Å². The molecule has 1 heterocycles. The molecule has 1 saturated heterocycles. The van der Waals surface area contributed by atoms with Gasteiger partial charge in [-0.25, -0.2) is 0 Å². The topological polar surface area (TPSA) is 42.9 Å². The summed E-state index contributed by atoms with van der Waals surface area (Å²) in [4.78, 5) is 9.86. The molecule has 0 spiro atoms. The summed E-state index contributed by atoms with van der Waals surface area (Å²) in [7, 11) is 0. The zero-order valence-electron chi connectivity index (χ0n) is 17.8. The maximum absolute atomic E-state index is 4.74. The molecule has 3 rings (SSSR count). The SMILES string of the molecule is CCNC(=NCCCCN1CCN(c2cccc(C)c2)CC1)NC1CC1C.I. The molecule has 28 heavy (non-hydrogen) atoms. The van der Waals surface area contributed by atoms with Gasteiger partial charge in [0.1, 0.15) is 0 Å². The minimum Gasteiger partial charge on any atom is -0.369 e. The second-order valence-electron chi connectivity index (χ2n) is 8.10. The Morgan fingerprint density at radius 3 is 2.57 bits per heavy atom. The van der Waals surface area contributed by atoms with E-state index in [1.165, 1.54) is 43.7 Å². The molecule has 2 fully saturated rings. The van der Waals surface area contributed by atoms with Crippen molar-refractivity contribution < 1.29 is 0 Å². The quantitative estimate of drug-likeness (QED) is 0.249. The zero-order chi connectivity index (χ0) is 19.1. The van der Waals surface area contributed by atoms with Crippen molar-refractivity contribution >= 4 is 35.6 Å². The summed E-state index contributed by atoms with van der Waals surface area (Å²) in [5.41, 5.74) is 2.72. The molecule has 2 unspecified atom stereocenters. The van der Waals surface area contributed by atoms with Crippen LogP contribution < -0.4 is 15.5 Å². The van der Waals surface area contributed by atoms with E-state index in [-0.39, 0.29) is 24.0 Å². The summed E-state index contributed by atoms with van der Waals surface area (Å²) in [6.45, 7) is 14.2. The van der Waals surface area contributed by atoms with Gasteiger partial charge in [-0.15, -0.1) is 24.0 Å². The number of rotatable bonds is 8. The first kappa shape index (κ1) is 23.3. The predicted molar refractivity (Wildman–Crippen MR) is 131 cm³/mol. The van der Waals surface area contributed by atoms with E-state index in [0.29, 0.717) is 6.04 Å². The molecule has 2 atom stereocenters. The Labute approximate surface area is 188 Å².